The highest BCUT2D eigenvalue weighted by atomic mass is 16.5. The molecule has 1 aliphatic rings. The summed E-state index contributed by atoms with van der Waals surface area (Å²) in [6.07, 6.45) is 0. The summed E-state index contributed by atoms with van der Waals surface area (Å²) in [5.74, 6) is -1.07. The Balaban J connectivity index is 1.62. The Kier molecular flexibility index (Phi) is 6.44. The van der Waals surface area contributed by atoms with Gasteiger partial charge in [-0.25, -0.2) is 0 Å². The van der Waals surface area contributed by atoms with Crippen LogP contribution < -0.4 is 14.5 Å². The van der Waals surface area contributed by atoms with Crippen LogP contribution in [0.5, 0.6) is 5.75 Å². The molecule has 1 unspecified atom stereocenters. The molecule has 2 heterocycles. The summed E-state index contributed by atoms with van der Waals surface area (Å²) in [6.45, 7) is 5.88. The number of Topliss-reactive ketones (excluding diaryl/α,β-unsaturated/α-hetero) is 1. The number of carbonyl (C=O) groups excluding carboxylic acids is 2. The number of para-hydroxylation sites is 1. The van der Waals surface area contributed by atoms with Crippen LogP contribution in [-0.4, -0.2) is 37.0 Å². The molecule has 188 valence electrons. The maximum Gasteiger partial charge on any atom is 0.294 e. The van der Waals surface area contributed by atoms with Gasteiger partial charge in [0.15, 0.2) is 11.5 Å². The minimum Gasteiger partial charge on any atom is -0.503 e. The van der Waals surface area contributed by atoms with E-state index in [0.29, 0.717) is 22.6 Å². The van der Waals surface area contributed by atoms with Gasteiger partial charge in [-0.1, -0.05) is 30.3 Å². The fourth-order valence-corrected chi connectivity index (χ4v) is 4.84. The third-order valence-electron chi connectivity index (χ3n) is 6.79. The SMILES string of the molecule is CCN(CC)c1ccc(C2C(C(=O)c3cc4ccccc4o3)=C(O)C(=O)N2c2ccc(OC)cc2)cc1. The fourth-order valence-electron chi connectivity index (χ4n) is 4.84. The second kappa shape index (κ2) is 9.85. The van der Waals surface area contributed by atoms with Gasteiger partial charge in [-0.2, -0.15) is 0 Å². The first-order valence-electron chi connectivity index (χ1n) is 12.3. The lowest BCUT2D eigenvalue weighted by Crippen LogP contribution is -2.31. The Hall–Kier alpha value is -4.52. The first kappa shape index (κ1) is 24.2. The Morgan fingerprint density at radius 2 is 1.68 bits per heavy atom. The van der Waals surface area contributed by atoms with E-state index >= 15 is 0 Å². The maximum absolute atomic E-state index is 13.8. The van der Waals surface area contributed by atoms with Gasteiger partial charge in [-0.05, 0) is 67.9 Å². The number of hydrogen-bond acceptors (Lipinski definition) is 6. The third-order valence-corrected chi connectivity index (χ3v) is 6.79. The number of hydrogen-bond donors (Lipinski definition) is 1. The average Bonchev–Trinajstić information content (AvgIpc) is 3.48. The lowest BCUT2D eigenvalue weighted by atomic mass is 9.94. The normalized spacial score (nSPS) is 15.5. The topological polar surface area (TPSA) is 83.2 Å². The van der Waals surface area contributed by atoms with Crippen LogP contribution in [-0.2, 0) is 4.79 Å². The number of ketones is 1. The van der Waals surface area contributed by atoms with E-state index in [2.05, 4.69) is 18.7 Å². The van der Waals surface area contributed by atoms with E-state index in [-0.39, 0.29) is 11.3 Å². The van der Waals surface area contributed by atoms with E-state index in [9.17, 15) is 14.7 Å². The predicted molar refractivity (Wildman–Crippen MR) is 143 cm³/mol. The van der Waals surface area contributed by atoms with Crippen molar-refractivity contribution in [1.82, 2.24) is 0 Å². The number of anilines is 2. The van der Waals surface area contributed by atoms with Crippen molar-refractivity contribution in [2.75, 3.05) is 30.0 Å². The van der Waals surface area contributed by atoms with Gasteiger partial charge in [0.1, 0.15) is 11.3 Å². The van der Waals surface area contributed by atoms with E-state index < -0.39 is 23.5 Å². The van der Waals surface area contributed by atoms with Gasteiger partial charge < -0.3 is 19.2 Å². The van der Waals surface area contributed by atoms with Crippen molar-refractivity contribution < 1.29 is 23.8 Å². The first-order valence-corrected chi connectivity index (χ1v) is 12.3. The smallest absolute Gasteiger partial charge is 0.294 e. The summed E-state index contributed by atoms with van der Waals surface area (Å²) in [5.41, 5.74) is 2.80. The third kappa shape index (κ3) is 4.22. The largest absolute Gasteiger partial charge is 0.503 e. The summed E-state index contributed by atoms with van der Waals surface area (Å²) in [7, 11) is 1.56. The summed E-state index contributed by atoms with van der Waals surface area (Å²) in [5, 5.41) is 11.8. The zero-order valence-corrected chi connectivity index (χ0v) is 21.0. The van der Waals surface area contributed by atoms with Crippen molar-refractivity contribution in [3.8, 4) is 5.75 Å². The number of ether oxygens (including phenoxy) is 1. The molecule has 1 atom stereocenters. The Labute approximate surface area is 215 Å². The molecular formula is C30H28N2O5. The molecule has 0 fully saturated rings. The monoisotopic (exact) mass is 496 g/mol. The van der Waals surface area contributed by atoms with Gasteiger partial charge in [0.25, 0.3) is 5.91 Å². The molecule has 1 N–H and O–H groups in total. The number of rotatable bonds is 8. The highest BCUT2D eigenvalue weighted by Crippen LogP contribution is 2.43. The molecule has 0 saturated carbocycles. The molecule has 1 aromatic heterocycles. The number of nitrogens with zero attached hydrogens (tertiary/aromatic N) is 2. The second-order valence-electron chi connectivity index (χ2n) is 8.78. The molecule has 0 bridgehead atoms. The summed E-state index contributed by atoms with van der Waals surface area (Å²) in [4.78, 5) is 30.9. The number of aliphatic hydroxyl groups excluding tert-OH is 1. The molecule has 7 nitrogen and oxygen atoms in total. The molecule has 0 radical (unpaired) electrons. The Bertz CT molecular complexity index is 1450. The molecular weight excluding hydrogens is 468 g/mol. The highest BCUT2D eigenvalue weighted by molar-refractivity contribution is 6.20. The number of furan rings is 1. The minimum absolute atomic E-state index is 0.0181. The zero-order valence-electron chi connectivity index (χ0n) is 21.0. The molecule has 37 heavy (non-hydrogen) atoms. The van der Waals surface area contributed by atoms with E-state index in [1.54, 1.807) is 43.5 Å². The van der Waals surface area contributed by atoms with E-state index in [1.807, 2.05) is 42.5 Å². The predicted octanol–water partition coefficient (Wildman–Crippen LogP) is 6.07. The molecule has 1 aliphatic heterocycles. The maximum atomic E-state index is 13.8. The quantitative estimate of drug-likeness (QED) is 0.298. The van der Waals surface area contributed by atoms with Crippen LogP contribution in [0.3, 0.4) is 0 Å². The second-order valence-corrected chi connectivity index (χ2v) is 8.78. The summed E-state index contributed by atoms with van der Waals surface area (Å²) >= 11 is 0. The van der Waals surface area contributed by atoms with Gasteiger partial charge in [0.05, 0.1) is 18.7 Å². The molecule has 7 heteroatoms. The number of fused-ring (bicyclic) bond motifs is 1. The lowest BCUT2D eigenvalue weighted by Gasteiger charge is -2.28. The van der Waals surface area contributed by atoms with Crippen LogP contribution in [0.1, 0.15) is 36.0 Å². The molecule has 1 amide bonds. The molecule has 4 aromatic rings. The fraction of sp³-hybridized carbons (Fsp3) is 0.200. The van der Waals surface area contributed by atoms with E-state index in [4.69, 9.17) is 9.15 Å². The van der Waals surface area contributed by atoms with Crippen molar-refractivity contribution >= 4 is 34.0 Å². The number of methoxy groups -OCH3 is 1. The van der Waals surface area contributed by atoms with Crippen molar-refractivity contribution in [1.29, 1.82) is 0 Å². The zero-order chi connectivity index (χ0) is 26.1. The van der Waals surface area contributed by atoms with Crippen LogP contribution in [0, 0.1) is 0 Å². The molecule has 3 aromatic carbocycles. The van der Waals surface area contributed by atoms with E-state index in [0.717, 1.165) is 24.2 Å². The molecule has 0 saturated heterocycles. The molecule has 0 spiro atoms. The minimum atomic E-state index is -0.840. The number of amides is 1. The van der Waals surface area contributed by atoms with Crippen molar-refractivity contribution in [2.24, 2.45) is 0 Å². The van der Waals surface area contributed by atoms with Crippen LogP contribution in [0.4, 0.5) is 11.4 Å². The average molecular weight is 497 g/mol. The molecule has 5 rings (SSSR count). The number of benzene rings is 3. The van der Waals surface area contributed by atoms with Crippen molar-refractivity contribution in [2.45, 2.75) is 19.9 Å². The van der Waals surface area contributed by atoms with Gasteiger partial charge >= 0.3 is 0 Å². The van der Waals surface area contributed by atoms with Gasteiger partial charge in [-0.15, -0.1) is 0 Å². The van der Waals surface area contributed by atoms with E-state index in [1.165, 1.54) is 4.90 Å². The highest BCUT2D eigenvalue weighted by Gasteiger charge is 2.45. The van der Waals surface area contributed by atoms with Gasteiger partial charge in [0.2, 0.25) is 5.78 Å². The van der Waals surface area contributed by atoms with Gasteiger partial charge in [0, 0.05) is 29.9 Å². The van der Waals surface area contributed by atoms with Crippen LogP contribution in [0.2, 0.25) is 0 Å². The number of aliphatic hydroxyl groups is 1. The number of carbonyl (C=O) groups is 2. The lowest BCUT2D eigenvalue weighted by molar-refractivity contribution is -0.117. The van der Waals surface area contributed by atoms with Gasteiger partial charge in [-0.3, -0.25) is 14.5 Å². The van der Waals surface area contributed by atoms with Crippen LogP contribution >= 0.6 is 0 Å². The van der Waals surface area contributed by atoms with Crippen molar-refractivity contribution in [3.05, 3.63) is 102 Å². The van der Waals surface area contributed by atoms with Crippen LogP contribution in [0.15, 0.2) is 94.6 Å². The Morgan fingerprint density at radius 1 is 1.00 bits per heavy atom. The van der Waals surface area contributed by atoms with Crippen LogP contribution in [0.25, 0.3) is 11.0 Å². The summed E-state index contributed by atoms with van der Waals surface area (Å²) < 4.78 is 11.1. The molecule has 0 aliphatic carbocycles. The summed E-state index contributed by atoms with van der Waals surface area (Å²) in [6, 6.07) is 22.8. The Morgan fingerprint density at radius 3 is 2.30 bits per heavy atom. The first-order chi connectivity index (χ1) is 18.0. The standard InChI is InChI=1S/C30H28N2O5/c1-4-31(5-2)21-12-10-19(11-13-21)27-26(28(33)25-18-20-8-6-7-9-24(20)37-25)29(34)30(35)32(27)22-14-16-23(36-3)17-15-22/h6-18,27,34H,4-5H2,1-3H3. The van der Waals surface area contributed by atoms with Crippen molar-refractivity contribution in [3.63, 3.8) is 0 Å².